The number of amides is 1. The molecule has 0 radical (unpaired) electrons. The highest BCUT2D eigenvalue weighted by Crippen LogP contribution is 2.32. The van der Waals surface area contributed by atoms with Gasteiger partial charge in [0, 0.05) is 42.8 Å². The standard InChI is InChI=1S/C29H23ClF2N8O2/c1-2-13-42-24-6-5-21(25(31)26(24)32)23-15-34-28-27(33-9-12-40(23)28)37-18-3-4-20(22(30)14-18)29(41)38-10-7-19(8-11-38)39-16-35-36-17-39/h1,3-6,9,12,14-17,19H,7-8,10-11,13H2,(H,33,37). The third kappa shape index (κ3) is 5.10. The number of carbonyl (C=O) groups excluding carboxylic acids is 1. The Morgan fingerprint density at radius 2 is 1.90 bits per heavy atom. The maximum Gasteiger partial charge on any atom is 0.255 e. The summed E-state index contributed by atoms with van der Waals surface area (Å²) in [6.07, 6.45) is 14.6. The van der Waals surface area contributed by atoms with Gasteiger partial charge in [-0.25, -0.2) is 14.4 Å². The molecule has 10 nitrogen and oxygen atoms in total. The highest BCUT2D eigenvalue weighted by molar-refractivity contribution is 6.34. The first-order valence-corrected chi connectivity index (χ1v) is 13.4. The van der Waals surface area contributed by atoms with Crippen LogP contribution in [0.1, 0.15) is 29.2 Å². The minimum absolute atomic E-state index is 0.0122. The van der Waals surface area contributed by atoms with Crippen LogP contribution in [0.5, 0.6) is 5.75 Å². The predicted octanol–water partition coefficient (Wildman–Crippen LogP) is 5.15. The van der Waals surface area contributed by atoms with E-state index in [1.807, 2.05) is 4.57 Å². The van der Waals surface area contributed by atoms with Crippen LogP contribution in [0.4, 0.5) is 20.3 Å². The van der Waals surface area contributed by atoms with Gasteiger partial charge in [0.15, 0.2) is 23.0 Å². The molecule has 6 rings (SSSR count). The monoisotopic (exact) mass is 588 g/mol. The lowest BCUT2D eigenvalue weighted by molar-refractivity contribution is 0.0694. The van der Waals surface area contributed by atoms with E-state index in [1.165, 1.54) is 24.5 Å². The number of carbonyl (C=O) groups is 1. The zero-order valence-electron chi connectivity index (χ0n) is 22.0. The van der Waals surface area contributed by atoms with Gasteiger partial charge in [0.05, 0.1) is 22.5 Å². The number of halogens is 3. The zero-order valence-corrected chi connectivity index (χ0v) is 22.8. The van der Waals surface area contributed by atoms with E-state index >= 15 is 0 Å². The molecular weight excluding hydrogens is 566 g/mol. The summed E-state index contributed by atoms with van der Waals surface area (Å²) in [6, 6.07) is 7.99. The number of aromatic nitrogens is 6. The Hall–Kier alpha value is -5.02. The summed E-state index contributed by atoms with van der Waals surface area (Å²) in [6.45, 7) is 1.00. The first kappa shape index (κ1) is 27.2. The summed E-state index contributed by atoms with van der Waals surface area (Å²) in [5.74, 6) is -0.0827. The molecule has 0 atom stereocenters. The molecule has 3 aromatic heterocycles. The largest absolute Gasteiger partial charge is 0.478 e. The summed E-state index contributed by atoms with van der Waals surface area (Å²) in [7, 11) is 0. The third-order valence-corrected chi connectivity index (χ3v) is 7.45. The molecule has 4 heterocycles. The lowest BCUT2D eigenvalue weighted by Gasteiger charge is -2.32. The number of ether oxygens (including phenoxy) is 1. The second kappa shape index (κ2) is 11.5. The van der Waals surface area contributed by atoms with Crippen LogP contribution in [0.25, 0.3) is 16.9 Å². The molecule has 1 saturated heterocycles. The molecule has 212 valence electrons. The van der Waals surface area contributed by atoms with Crippen LogP contribution in [0.15, 0.2) is 61.6 Å². The molecule has 1 amide bonds. The molecule has 1 fully saturated rings. The normalized spacial score (nSPS) is 13.7. The van der Waals surface area contributed by atoms with Gasteiger partial charge < -0.3 is 19.5 Å². The van der Waals surface area contributed by atoms with Gasteiger partial charge in [0.25, 0.3) is 5.91 Å². The van der Waals surface area contributed by atoms with E-state index in [1.54, 1.807) is 46.4 Å². The second-order valence-electron chi connectivity index (χ2n) is 9.60. The third-order valence-electron chi connectivity index (χ3n) is 7.13. The maximum atomic E-state index is 15.0. The van der Waals surface area contributed by atoms with Gasteiger partial charge in [-0.2, -0.15) is 4.39 Å². The molecule has 13 heteroatoms. The number of fused-ring (bicyclic) bond motifs is 1. The quantitative estimate of drug-likeness (QED) is 0.262. The number of likely N-dealkylation sites (tertiary alicyclic amines) is 1. The molecule has 0 spiro atoms. The van der Waals surface area contributed by atoms with Crippen molar-refractivity contribution in [2.24, 2.45) is 0 Å². The molecular formula is C29H23ClF2N8O2. The van der Waals surface area contributed by atoms with Crippen molar-refractivity contribution in [3.63, 3.8) is 0 Å². The molecule has 1 N–H and O–H groups in total. The van der Waals surface area contributed by atoms with Crippen LogP contribution >= 0.6 is 11.6 Å². The molecule has 1 aliphatic rings. The van der Waals surface area contributed by atoms with E-state index in [0.717, 1.165) is 12.8 Å². The molecule has 0 aliphatic carbocycles. The van der Waals surface area contributed by atoms with E-state index in [0.29, 0.717) is 41.5 Å². The Balaban J connectivity index is 1.19. The number of hydrogen-bond acceptors (Lipinski definition) is 7. The summed E-state index contributed by atoms with van der Waals surface area (Å²) in [4.78, 5) is 23.7. The number of nitrogens with one attached hydrogen (secondary N) is 1. The van der Waals surface area contributed by atoms with E-state index in [9.17, 15) is 13.6 Å². The average Bonchev–Trinajstić information content (AvgIpc) is 3.70. The number of anilines is 2. The average molecular weight is 589 g/mol. The summed E-state index contributed by atoms with van der Waals surface area (Å²) in [5.41, 5.74) is 1.63. The van der Waals surface area contributed by atoms with Gasteiger partial charge in [0.2, 0.25) is 5.82 Å². The molecule has 5 aromatic rings. The van der Waals surface area contributed by atoms with Crippen molar-refractivity contribution in [2.45, 2.75) is 18.9 Å². The van der Waals surface area contributed by atoms with Crippen molar-refractivity contribution in [2.75, 3.05) is 25.0 Å². The van der Waals surface area contributed by atoms with E-state index < -0.39 is 11.6 Å². The van der Waals surface area contributed by atoms with Gasteiger partial charge in [0.1, 0.15) is 19.3 Å². The Kier molecular flexibility index (Phi) is 7.41. The van der Waals surface area contributed by atoms with Gasteiger partial charge in [-0.1, -0.05) is 17.5 Å². The molecule has 0 saturated carbocycles. The molecule has 0 unspecified atom stereocenters. The maximum absolute atomic E-state index is 15.0. The number of imidazole rings is 1. The van der Waals surface area contributed by atoms with Crippen LogP contribution in [0.3, 0.4) is 0 Å². The van der Waals surface area contributed by atoms with Crippen molar-refractivity contribution in [1.29, 1.82) is 0 Å². The predicted molar refractivity (Wildman–Crippen MR) is 152 cm³/mol. The lowest BCUT2D eigenvalue weighted by atomic mass is 10.0. The minimum Gasteiger partial charge on any atom is -0.478 e. The smallest absolute Gasteiger partial charge is 0.255 e. The fraction of sp³-hybridized carbons (Fsp3) is 0.207. The highest BCUT2D eigenvalue weighted by atomic mass is 35.5. The van der Waals surface area contributed by atoms with Crippen LogP contribution in [-0.2, 0) is 0 Å². The van der Waals surface area contributed by atoms with Gasteiger partial charge in [-0.3, -0.25) is 9.20 Å². The minimum atomic E-state index is -1.14. The fourth-order valence-electron chi connectivity index (χ4n) is 5.00. The summed E-state index contributed by atoms with van der Waals surface area (Å²) < 4.78 is 38.2. The topological polar surface area (TPSA) is 102 Å². The first-order valence-electron chi connectivity index (χ1n) is 13.0. The lowest BCUT2D eigenvalue weighted by Crippen LogP contribution is -2.39. The van der Waals surface area contributed by atoms with Crippen molar-refractivity contribution in [3.8, 4) is 29.4 Å². The van der Waals surface area contributed by atoms with E-state index in [2.05, 4.69) is 31.4 Å². The first-order chi connectivity index (χ1) is 20.4. The summed E-state index contributed by atoms with van der Waals surface area (Å²) >= 11 is 6.55. The molecule has 2 aromatic carbocycles. The van der Waals surface area contributed by atoms with E-state index in [4.69, 9.17) is 22.8 Å². The van der Waals surface area contributed by atoms with Crippen molar-refractivity contribution in [1.82, 2.24) is 34.0 Å². The Labute approximate surface area is 243 Å². The number of terminal acetylenes is 1. The van der Waals surface area contributed by atoms with Gasteiger partial charge >= 0.3 is 0 Å². The number of rotatable bonds is 7. The second-order valence-corrected chi connectivity index (χ2v) is 10.0. The fourth-order valence-corrected chi connectivity index (χ4v) is 5.27. The van der Waals surface area contributed by atoms with E-state index in [-0.39, 0.29) is 34.9 Å². The Bertz CT molecular complexity index is 1810. The molecule has 42 heavy (non-hydrogen) atoms. The van der Waals surface area contributed by atoms with Crippen LogP contribution in [0.2, 0.25) is 5.02 Å². The van der Waals surface area contributed by atoms with Crippen LogP contribution < -0.4 is 10.1 Å². The number of benzene rings is 2. The molecule has 0 bridgehead atoms. The van der Waals surface area contributed by atoms with Crippen LogP contribution in [0, 0.1) is 24.0 Å². The highest BCUT2D eigenvalue weighted by Gasteiger charge is 2.26. The SMILES string of the molecule is C#CCOc1ccc(-c2cnc3c(Nc4ccc(C(=O)N5CCC(n6cnnc6)CC5)c(Cl)c4)nccn23)c(F)c1F. The zero-order chi connectivity index (χ0) is 29.2. The Morgan fingerprint density at radius 3 is 2.64 bits per heavy atom. The van der Waals surface area contributed by atoms with Gasteiger partial charge in [-0.05, 0) is 43.2 Å². The van der Waals surface area contributed by atoms with Crippen molar-refractivity contribution < 1.29 is 18.3 Å². The number of hydrogen-bond donors (Lipinski definition) is 1. The van der Waals surface area contributed by atoms with Crippen LogP contribution in [-0.4, -0.2) is 59.6 Å². The molecule has 1 aliphatic heterocycles. The van der Waals surface area contributed by atoms with Crippen molar-refractivity contribution >= 4 is 34.7 Å². The van der Waals surface area contributed by atoms with Gasteiger partial charge in [-0.15, -0.1) is 16.6 Å². The summed E-state index contributed by atoms with van der Waals surface area (Å²) in [5, 5.41) is 11.2. The van der Waals surface area contributed by atoms with Crippen molar-refractivity contribution in [3.05, 3.63) is 83.8 Å². The number of piperidine rings is 1. The Morgan fingerprint density at radius 1 is 1.12 bits per heavy atom. The number of nitrogens with zero attached hydrogens (tertiary/aromatic N) is 7.